The number of rotatable bonds is 2. The second-order valence-corrected chi connectivity index (χ2v) is 4.19. The van der Waals surface area contributed by atoms with E-state index >= 15 is 0 Å². The Kier molecular flexibility index (Phi) is 2.52. The van der Waals surface area contributed by atoms with Crippen molar-refractivity contribution in [3.05, 3.63) is 59.8 Å². The highest BCUT2D eigenvalue weighted by Gasteiger charge is 2.17. The number of nitrogens with two attached hydrogens (primary N) is 1. The largest absolute Gasteiger partial charge is 0.399 e. The van der Waals surface area contributed by atoms with Crippen LogP contribution < -0.4 is 5.73 Å². The van der Waals surface area contributed by atoms with Gasteiger partial charge in [-0.05, 0) is 24.3 Å². The van der Waals surface area contributed by atoms with E-state index < -0.39 is 11.6 Å². The van der Waals surface area contributed by atoms with Crippen LogP contribution in [0.2, 0.25) is 0 Å². The zero-order valence-corrected chi connectivity index (χ0v) is 9.85. The number of carbonyl (C=O) groups excluding carboxylic acids is 1. The summed E-state index contributed by atoms with van der Waals surface area (Å²) in [6, 6.07) is 5.70. The van der Waals surface area contributed by atoms with Crippen molar-refractivity contribution in [1.29, 1.82) is 0 Å². The van der Waals surface area contributed by atoms with Gasteiger partial charge in [-0.3, -0.25) is 9.78 Å². The summed E-state index contributed by atoms with van der Waals surface area (Å²) >= 11 is 0. The first-order valence-corrected chi connectivity index (χ1v) is 5.67. The molecular formula is C14H10FN3O. The van der Waals surface area contributed by atoms with Gasteiger partial charge in [0.2, 0.25) is 0 Å². The van der Waals surface area contributed by atoms with Gasteiger partial charge in [0.15, 0.2) is 5.78 Å². The van der Waals surface area contributed by atoms with Crippen LogP contribution in [0.3, 0.4) is 0 Å². The van der Waals surface area contributed by atoms with Crippen LogP contribution in [0.4, 0.5) is 10.1 Å². The number of nitrogen functional groups attached to an aromatic ring is 1. The third-order valence-corrected chi connectivity index (χ3v) is 2.96. The molecule has 0 atom stereocenters. The summed E-state index contributed by atoms with van der Waals surface area (Å²) in [5.41, 5.74) is 7.07. The minimum atomic E-state index is -0.586. The van der Waals surface area contributed by atoms with E-state index in [2.05, 4.69) is 9.97 Å². The van der Waals surface area contributed by atoms with Crippen LogP contribution in [0.25, 0.3) is 10.9 Å². The predicted molar refractivity (Wildman–Crippen MR) is 70.3 cm³/mol. The van der Waals surface area contributed by atoms with Crippen LogP contribution >= 0.6 is 0 Å². The summed E-state index contributed by atoms with van der Waals surface area (Å²) in [7, 11) is 0. The minimum absolute atomic E-state index is 0.0373. The number of nitrogens with one attached hydrogen (secondary N) is 1. The Morgan fingerprint density at radius 3 is 2.95 bits per heavy atom. The van der Waals surface area contributed by atoms with Gasteiger partial charge < -0.3 is 10.7 Å². The molecule has 0 saturated carbocycles. The molecule has 0 spiro atoms. The fourth-order valence-corrected chi connectivity index (χ4v) is 2.01. The number of nitrogens with zero attached hydrogens (tertiary/aromatic N) is 1. The average molecular weight is 255 g/mol. The molecule has 3 N–H and O–H groups in total. The lowest BCUT2D eigenvalue weighted by Gasteiger charge is -2.02. The van der Waals surface area contributed by atoms with Crippen molar-refractivity contribution in [1.82, 2.24) is 9.97 Å². The Morgan fingerprint density at radius 2 is 2.11 bits per heavy atom. The molecule has 94 valence electrons. The van der Waals surface area contributed by atoms with Gasteiger partial charge in [0.1, 0.15) is 5.82 Å². The maximum Gasteiger partial charge on any atom is 0.198 e. The Labute approximate surface area is 108 Å². The molecule has 0 saturated heterocycles. The number of hydrogen-bond acceptors (Lipinski definition) is 3. The van der Waals surface area contributed by atoms with E-state index in [0.717, 1.165) is 5.52 Å². The molecule has 0 fully saturated rings. The van der Waals surface area contributed by atoms with E-state index in [1.54, 1.807) is 24.7 Å². The molecule has 19 heavy (non-hydrogen) atoms. The van der Waals surface area contributed by atoms with E-state index in [-0.39, 0.29) is 5.56 Å². The van der Waals surface area contributed by atoms with Crippen LogP contribution in [-0.4, -0.2) is 15.8 Å². The first-order valence-electron chi connectivity index (χ1n) is 5.67. The molecule has 5 heteroatoms. The number of anilines is 1. The van der Waals surface area contributed by atoms with Crippen LogP contribution in [0.1, 0.15) is 15.9 Å². The minimum Gasteiger partial charge on any atom is -0.399 e. The van der Waals surface area contributed by atoms with Gasteiger partial charge in [-0.15, -0.1) is 0 Å². The van der Waals surface area contributed by atoms with Crippen molar-refractivity contribution in [2.75, 3.05) is 5.73 Å². The number of H-pyrrole nitrogens is 1. The maximum absolute atomic E-state index is 13.7. The SMILES string of the molecule is Nc1ccc(F)c(C(=O)c2c[nH]c3ccncc23)c1. The van der Waals surface area contributed by atoms with Gasteiger partial charge in [0.05, 0.1) is 5.56 Å². The fourth-order valence-electron chi connectivity index (χ4n) is 2.01. The van der Waals surface area contributed by atoms with Crippen molar-refractivity contribution in [3.63, 3.8) is 0 Å². The van der Waals surface area contributed by atoms with Crippen molar-refractivity contribution in [2.24, 2.45) is 0 Å². The highest BCUT2D eigenvalue weighted by atomic mass is 19.1. The third-order valence-electron chi connectivity index (χ3n) is 2.96. The van der Waals surface area contributed by atoms with Crippen molar-refractivity contribution in [2.45, 2.75) is 0 Å². The topological polar surface area (TPSA) is 71.8 Å². The van der Waals surface area contributed by atoms with Crippen LogP contribution in [-0.2, 0) is 0 Å². The Balaban J connectivity index is 2.16. The molecule has 0 amide bonds. The molecular weight excluding hydrogens is 245 g/mol. The second kappa shape index (κ2) is 4.20. The monoisotopic (exact) mass is 255 g/mol. The molecule has 0 radical (unpaired) electrons. The molecule has 0 unspecified atom stereocenters. The van der Waals surface area contributed by atoms with E-state index in [1.807, 2.05) is 0 Å². The summed E-state index contributed by atoms with van der Waals surface area (Å²) in [6.45, 7) is 0. The standard InChI is InChI=1S/C14H10FN3O/c15-12-2-1-8(16)5-9(12)14(19)11-7-18-13-3-4-17-6-10(11)13/h1-7,18H,16H2. The number of hydrogen-bond donors (Lipinski definition) is 2. The lowest BCUT2D eigenvalue weighted by atomic mass is 10.0. The number of halogens is 1. The lowest BCUT2D eigenvalue weighted by molar-refractivity contribution is 0.103. The van der Waals surface area contributed by atoms with Gasteiger partial charge in [-0.25, -0.2) is 4.39 Å². The number of benzene rings is 1. The maximum atomic E-state index is 13.7. The number of ketones is 1. The van der Waals surface area contributed by atoms with E-state index in [9.17, 15) is 9.18 Å². The van der Waals surface area contributed by atoms with Gasteiger partial charge in [-0.2, -0.15) is 0 Å². The summed E-state index contributed by atoms with van der Waals surface area (Å²) in [4.78, 5) is 19.3. The summed E-state index contributed by atoms with van der Waals surface area (Å²) in [5, 5.41) is 0.661. The molecule has 2 heterocycles. The quantitative estimate of drug-likeness (QED) is 0.546. The molecule has 3 rings (SSSR count). The van der Waals surface area contributed by atoms with E-state index in [4.69, 9.17) is 5.73 Å². The molecule has 0 bridgehead atoms. The van der Waals surface area contributed by atoms with E-state index in [0.29, 0.717) is 16.6 Å². The molecule has 4 nitrogen and oxygen atoms in total. The third kappa shape index (κ3) is 1.85. The first-order chi connectivity index (χ1) is 9.16. The zero-order valence-electron chi connectivity index (χ0n) is 9.85. The number of aromatic nitrogens is 2. The van der Waals surface area contributed by atoms with Crippen molar-refractivity contribution < 1.29 is 9.18 Å². The van der Waals surface area contributed by atoms with Gasteiger partial charge in [-0.1, -0.05) is 0 Å². The summed E-state index contributed by atoms with van der Waals surface area (Å²) in [6.07, 6.45) is 4.74. The normalized spacial score (nSPS) is 10.8. The summed E-state index contributed by atoms with van der Waals surface area (Å²) in [5.74, 6) is -0.999. The van der Waals surface area contributed by atoms with Crippen LogP contribution in [0.5, 0.6) is 0 Å². The highest BCUT2D eigenvalue weighted by Crippen LogP contribution is 2.22. The van der Waals surface area contributed by atoms with Crippen molar-refractivity contribution in [3.8, 4) is 0 Å². The smallest absolute Gasteiger partial charge is 0.198 e. The van der Waals surface area contributed by atoms with Crippen LogP contribution in [0.15, 0.2) is 42.9 Å². The van der Waals surface area contributed by atoms with Crippen LogP contribution in [0, 0.1) is 5.82 Å². The molecule has 0 aliphatic carbocycles. The van der Waals surface area contributed by atoms with E-state index in [1.165, 1.54) is 18.2 Å². The molecule has 0 aliphatic rings. The number of aromatic amines is 1. The molecule has 0 aliphatic heterocycles. The Morgan fingerprint density at radius 1 is 1.26 bits per heavy atom. The Bertz CT molecular complexity index is 779. The lowest BCUT2D eigenvalue weighted by Crippen LogP contribution is -2.04. The zero-order chi connectivity index (χ0) is 13.4. The van der Waals surface area contributed by atoms with Gasteiger partial charge >= 0.3 is 0 Å². The molecule has 1 aromatic carbocycles. The highest BCUT2D eigenvalue weighted by molar-refractivity contribution is 6.16. The molecule has 2 aromatic heterocycles. The average Bonchev–Trinajstić information content (AvgIpc) is 2.84. The number of carbonyl (C=O) groups is 1. The Hall–Kier alpha value is -2.69. The first kappa shape index (κ1) is 11.4. The molecule has 3 aromatic rings. The summed E-state index contributed by atoms with van der Waals surface area (Å²) < 4.78 is 13.7. The van der Waals surface area contributed by atoms with Gasteiger partial charge in [0, 0.05) is 40.7 Å². The second-order valence-electron chi connectivity index (χ2n) is 4.19. The fraction of sp³-hybridized carbons (Fsp3) is 0. The predicted octanol–water partition coefficient (Wildman–Crippen LogP) is 2.52. The van der Waals surface area contributed by atoms with Crippen molar-refractivity contribution >= 4 is 22.4 Å². The number of fused-ring (bicyclic) bond motifs is 1. The number of pyridine rings is 1. The van der Waals surface area contributed by atoms with Gasteiger partial charge in [0.25, 0.3) is 0 Å².